The molecule has 0 radical (unpaired) electrons. The molecule has 27 heavy (non-hydrogen) atoms. The van der Waals surface area contributed by atoms with E-state index in [-0.39, 0.29) is 4.90 Å². The van der Waals surface area contributed by atoms with Gasteiger partial charge in [-0.1, -0.05) is 24.3 Å². The Hall–Kier alpha value is -2.71. The predicted molar refractivity (Wildman–Crippen MR) is 102 cm³/mol. The normalized spacial score (nSPS) is 11.1. The Labute approximate surface area is 158 Å². The summed E-state index contributed by atoms with van der Waals surface area (Å²) in [4.78, 5) is 23.7. The molecular formula is C19H22N2O5S. The molecule has 0 aliphatic rings. The molecule has 0 spiro atoms. The second kappa shape index (κ2) is 8.79. The Bertz CT molecular complexity index is 954. The van der Waals surface area contributed by atoms with Crippen molar-refractivity contribution >= 4 is 27.6 Å². The summed E-state index contributed by atoms with van der Waals surface area (Å²) >= 11 is 0. The average Bonchev–Trinajstić information content (AvgIpc) is 2.60. The van der Waals surface area contributed by atoms with Crippen LogP contribution in [-0.4, -0.2) is 33.4 Å². The molecule has 0 fully saturated rings. The summed E-state index contributed by atoms with van der Waals surface area (Å²) in [7, 11) is -3.85. The van der Waals surface area contributed by atoms with Crippen LogP contribution in [0, 0.1) is 20.8 Å². The molecule has 0 saturated heterocycles. The smallest absolute Gasteiger partial charge is 0.321 e. The number of nitrogens with one attached hydrogen (secondary N) is 2. The minimum atomic E-state index is -3.85. The van der Waals surface area contributed by atoms with Gasteiger partial charge in [-0.05, 0) is 55.7 Å². The third-order valence-electron chi connectivity index (χ3n) is 3.71. The first kappa shape index (κ1) is 20.6. The first-order valence-electron chi connectivity index (χ1n) is 8.26. The van der Waals surface area contributed by atoms with E-state index < -0.39 is 35.1 Å². The van der Waals surface area contributed by atoms with Crippen molar-refractivity contribution in [3.8, 4) is 0 Å². The largest absolute Gasteiger partial charge is 0.455 e. The number of rotatable bonds is 7. The second-order valence-electron chi connectivity index (χ2n) is 6.17. The fourth-order valence-corrected chi connectivity index (χ4v) is 3.64. The van der Waals surface area contributed by atoms with Gasteiger partial charge in [0, 0.05) is 5.69 Å². The van der Waals surface area contributed by atoms with Gasteiger partial charge in [-0.25, -0.2) is 8.42 Å². The number of hydrogen-bond acceptors (Lipinski definition) is 5. The molecule has 7 nitrogen and oxygen atoms in total. The number of carbonyl (C=O) groups excluding carboxylic acids is 2. The van der Waals surface area contributed by atoms with Crippen LogP contribution in [0.25, 0.3) is 0 Å². The first-order chi connectivity index (χ1) is 12.7. The van der Waals surface area contributed by atoms with Crippen LogP contribution in [-0.2, 0) is 24.3 Å². The SMILES string of the molecule is Cc1cccc(NC(=O)COC(=O)CNS(=O)(=O)c2cc(C)ccc2C)c1. The summed E-state index contributed by atoms with van der Waals surface area (Å²) in [5.41, 5.74) is 2.92. The number of aryl methyl sites for hydroxylation is 3. The molecule has 2 aromatic rings. The minimum absolute atomic E-state index is 0.104. The Morgan fingerprint density at radius 3 is 2.41 bits per heavy atom. The number of esters is 1. The number of ether oxygens (including phenoxy) is 1. The van der Waals surface area contributed by atoms with E-state index in [0.29, 0.717) is 11.3 Å². The number of sulfonamides is 1. The van der Waals surface area contributed by atoms with Crippen molar-refractivity contribution < 1.29 is 22.7 Å². The highest BCUT2D eigenvalue weighted by Crippen LogP contribution is 2.16. The summed E-state index contributed by atoms with van der Waals surface area (Å²) < 4.78 is 31.6. The van der Waals surface area contributed by atoms with E-state index in [1.54, 1.807) is 44.2 Å². The van der Waals surface area contributed by atoms with Crippen LogP contribution in [0.4, 0.5) is 5.69 Å². The molecular weight excluding hydrogens is 368 g/mol. The molecule has 0 atom stereocenters. The number of benzene rings is 2. The van der Waals surface area contributed by atoms with Crippen molar-refractivity contribution in [2.45, 2.75) is 25.7 Å². The van der Waals surface area contributed by atoms with Gasteiger partial charge in [0.2, 0.25) is 10.0 Å². The van der Waals surface area contributed by atoms with Gasteiger partial charge in [0.05, 0.1) is 4.90 Å². The molecule has 1 amide bonds. The van der Waals surface area contributed by atoms with E-state index in [1.807, 2.05) is 13.0 Å². The zero-order valence-corrected chi connectivity index (χ0v) is 16.2. The predicted octanol–water partition coefficient (Wildman–Crippen LogP) is 2.07. The average molecular weight is 390 g/mol. The lowest BCUT2D eigenvalue weighted by molar-refractivity contribution is -0.146. The van der Waals surface area contributed by atoms with Crippen molar-refractivity contribution in [1.82, 2.24) is 4.72 Å². The molecule has 0 heterocycles. The Morgan fingerprint density at radius 1 is 1.00 bits per heavy atom. The lowest BCUT2D eigenvalue weighted by Crippen LogP contribution is -2.32. The Kier molecular flexibility index (Phi) is 6.70. The lowest BCUT2D eigenvalue weighted by atomic mass is 10.2. The monoisotopic (exact) mass is 390 g/mol. The highest BCUT2D eigenvalue weighted by molar-refractivity contribution is 7.89. The highest BCUT2D eigenvalue weighted by atomic mass is 32.2. The van der Waals surface area contributed by atoms with Gasteiger partial charge in [-0.3, -0.25) is 9.59 Å². The third-order valence-corrected chi connectivity index (χ3v) is 5.25. The summed E-state index contributed by atoms with van der Waals surface area (Å²) in [5, 5.41) is 2.60. The van der Waals surface area contributed by atoms with Gasteiger partial charge in [-0.2, -0.15) is 4.72 Å². The van der Waals surface area contributed by atoms with E-state index >= 15 is 0 Å². The van der Waals surface area contributed by atoms with Crippen LogP contribution in [0.2, 0.25) is 0 Å². The van der Waals surface area contributed by atoms with Crippen LogP contribution in [0.3, 0.4) is 0 Å². The van der Waals surface area contributed by atoms with Crippen LogP contribution < -0.4 is 10.0 Å². The van der Waals surface area contributed by atoms with Crippen molar-refractivity contribution in [3.05, 3.63) is 59.2 Å². The van der Waals surface area contributed by atoms with Gasteiger partial charge >= 0.3 is 5.97 Å². The highest BCUT2D eigenvalue weighted by Gasteiger charge is 2.19. The molecule has 0 aromatic heterocycles. The summed E-state index contributed by atoms with van der Waals surface area (Å²) in [5.74, 6) is -1.35. The van der Waals surface area contributed by atoms with Crippen molar-refractivity contribution in [1.29, 1.82) is 0 Å². The van der Waals surface area contributed by atoms with Crippen LogP contribution in [0.1, 0.15) is 16.7 Å². The van der Waals surface area contributed by atoms with Gasteiger partial charge in [0.1, 0.15) is 6.54 Å². The molecule has 0 aliphatic carbocycles. The van der Waals surface area contributed by atoms with E-state index in [0.717, 1.165) is 11.1 Å². The number of carbonyl (C=O) groups is 2. The third kappa shape index (κ3) is 6.19. The van der Waals surface area contributed by atoms with Crippen molar-refractivity contribution in [2.24, 2.45) is 0 Å². The molecule has 2 rings (SSSR count). The standard InChI is InChI=1S/C19H22N2O5S/c1-13-5-4-6-16(9-13)21-18(22)12-26-19(23)11-20-27(24,25)17-10-14(2)7-8-15(17)3/h4-10,20H,11-12H2,1-3H3,(H,21,22). The Balaban J connectivity index is 1.85. The zero-order chi connectivity index (χ0) is 20.0. The number of amides is 1. The molecule has 0 unspecified atom stereocenters. The lowest BCUT2D eigenvalue weighted by Gasteiger charge is -2.10. The maximum Gasteiger partial charge on any atom is 0.321 e. The fraction of sp³-hybridized carbons (Fsp3) is 0.263. The summed E-state index contributed by atoms with van der Waals surface area (Å²) in [6.45, 7) is 4.27. The molecule has 8 heteroatoms. The molecule has 144 valence electrons. The first-order valence-corrected chi connectivity index (χ1v) is 9.75. The van der Waals surface area contributed by atoms with Gasteiger partial charge < -0.3 is 10.1 Å². The topological polar surface area (TPSA) is 102 Å². The van der Waals surface area contributed by atoms with Crippen molar-refractivity contribution in [2.75, 3.05) is 18.5 Å². The van der Waals surface area contributed by atoms with Crippen molar-refractivity contribution in [3.63, 3.8) is 0 Å². The summed E-state index contributed by atoms with van der Waals surface area (Å²) in [6, 6.07) is 12.2. The minimum Gasteiger partial charge on any atom is -0.455 e. The van der Waals surface area contributed by atoms with Crippen LogP contribution in [0.5, 0.6) is 0 Å². The van der Waals surface area contributed by atoms with Crippen LogP contribution in [0.15, 0.2) is 47.4 Å². The van der Waals surface area contributed by atoms with Gasteiger partial charge in [-0.15, -0.1) is 0 Å². The van der Waals surface area contributed by atoms with Gasteiger partial charge in [0.25, 0.3) is 5.91 Å². The molecule has 0 saturated carbocycles. The van der Waals surface area contributed by atoms with Gasteiger partial charge in [0.15, 0.2) is 6.61 Å². The van der Waals surface area contributed by atoms with Crippen LogP contribution >= 0.6 is 0 Å². The molecule has 0 bridgehead atoms. The number of hydrogen-bond donors (Lipinski definition) is 2. The van der Waals surface area contributed by atoms with E-state index in [1.165, 1.54) is 6.07 Å². The number of anilines is 1. The van der Waals surface area contributed by atoms with E-state index in [4.69, 9.17) is 4.74 Å². The quantitative estimate of drug-likeness (QED) is 0.705. The van der Waals surface area contributed by atoms with E-state index in [9.17, 15) is 18.0 Å². The maximum atomic E-state index is 12.3. The zero-order valence-electron chi connectivity index (χ0n) is 15.4. The second-order valence-corrected chi connectivity index (χ2v) is 7.91. The molecule has 2 aromatic carbocycles. The maximum absolute atomic E-state index is 12.3. The molecule has 0 aliphatic heterocycles. The molecule has 2 N–H and O–H groups in total. The Morgan fingerprint density at radius 2 is 1.70 bits per heavy atom. The van der Waals surface area contributed by atoms with E-state index in [2.05, 4.69) is 10.0 Å². The fourth-order valence-electron chi connectivity index (χ4n) is 2.35. The summed E-state index contributed by atoms with van der Waals surface area (Å²) in [6.07, 6.45) is 0.